The van der Waals surface area contributed by atoms with Gasteiger partial charge in [0.1, 0.15) is 5.76 Å². The lowest BCUT2D eigenvalue weighted by atomic mass is 10.2. The highest BCUT2D eigenvalue weighted by Crippen LogP contribution is 2.20. The molecule has 0 aliphatic heterocycles. The lowest BCUT2D eigenvalue weighted by molar-refractivity contribution is 0.201. The van der Waals surface area contributed by atoms with Crippen LogP contribution in [0.3, 0.4) is 0 Å². The Bertz CT molecular complexity index is 765. The van der Waals surface area contributed by atoms with Gasteiger partial charge in [-0.15, -0.1) is 0 Å². The first-order chi connectivity index (χ1) is 11.1. The Morgan fingerprint density at radius 2 is 2.04 bits per heavy atom. The van der Waals surface area contributed by atoms with Crippen molar-refractivity contribution in [3.05, 3.63) is 66.9 Å². The highest BCUT2D eigenvalue weighted by molar-refractivity contribution is 5.89. The van der Waals surface area contributed by atoms with Crippen molar-refractivity contribution < 1.29 is 9.21 Å². The first-order valence-electron chi connectivity index (χ1n) is 7.32. The molecule has 23 heavy (non-hydrogen) atoms. The third-order valence-corrected chi connectivity index (χ3v) is 3.71. The molecular formula is C17H18N4O2. The van der Waals surface area contributed by atoms with Crippen molar-refractivity contribution in [1.29, 1.82) is 0 Å². The Morgan fingerprint density at radius 3 is 2.74 bits per heavy atom. The van der Waals surface area contributed by atoms with Crippen LogP contribution in [-0.4, -0.2) is 27.8 Å². The molecule has 2 aromatic heterocycles. The summed E-state index contributed by atoms with van der Waals surface area (Å²) in [6.45, 7) is 1.91. The first kappa shape index (κ1) is 14.9. The minimum Gasteiger partial charge on any atom is -0.467 e. The summed E-state index contributed by atoms with van der Waals surface area (Å²) in [5.41, 5.74) is 1.57. The van der Waals surface area contributed by atoms with Crippen molar-refractivity contribution in [2.24, 2.45) is 0 Å². The largest absolute Gasteiger partial charge is 0.467 e. The van der Waals surface area contributed by atoms with E-state index in [-0.39, 0.29) is 12.1 Å². The zero-order chi connectivity index (χ0) is 16.2. The van der Waals surface area contributed by atoms with Crippen LogP contribution in [0.5, 0.6) is 0 Å². The zero-order valence-electron chi connectivity index (χ0n) is 13.0. The second kappa shape index (κ2) is 6.39. The van der Waals surface area contributed by atoms with E-state index in [9.17, 15) is 4.79 Å². The molecule has 0 saturated carbocycles. The number of carbonyl (C=O) groups is 1. The summed E-state index contributed by atoms with van der Waals surface area (Å²) >= 11 is 0. The monoisotopic (exact) mass is 310 g/mol. The zero-order valence-corrected chi connectivity index (χ0v) is 13.0. The molecule has 3 aromatic rings. The fraction of sp³-hybridized carbons (Fsp3) is 0.176. The standard InChI is InChI=1S/C17H18N4O2/c1-13(16-9-6-10-23-16)20(2)17(22)19-14-11-18-21(12-14)15-7-4-3-5-8-15/h3-13H,1-2H3,(H,19,22)/t13-/m0/s1. The van der Waals surface area contributed by atoms with Crippen LogP contribution in [0.2, 0.25) is 0 Å². The SMILES string of the molecule is C[C@@H](c1ccco1)N(C)C(=O)Nc1cnn(-c2ccccc2)c1. The fourth-order valence-electron chi connectivity index (χ4n) is 2.22. The minimum atomic E-state index is -0.221. The number of aromatic nitrogens is 2. The number of amides is 2. The van der Waals surface area contributed by atoms with E-state index in [0.29, 0.717) is 5.69 Å². The Hall–Kier alpha value is -3.02. The number of hydrogen-bond donors (Lipinski definition) is 1. The highest BCUT2D eigenvalue weighted by Gasteiger charge is 2.19. The second-order valence-corrected chi connectivity index (χ2v) is 5.24. The van der Waals surface area contributed by atoms with Gasteiger partial charge in [-0.2, -0.15) is 5.10 Å². The van der Waals surface area contributed by atoms with E-state index < -0.39 is 0 Å². The molecule has 0 aliphatic rings. The summed E-state index contributed by atoms with van der Waals surface area (Å²) in [4.78, 5) is 13.9. The normalized spacial score (nSPS) is 11.9. The molecule has 0 unspecified atom stereocenters. The molecule has 0 fully saturated rings. The van der Waals surface area contributed by atoms with Crippen LogP contribution in [0.15, 0.2) is 65.5 Å². The van der Waals surface area contributed by atoms with Crippen LogP contribution in [0.1, 0.15) is 18.7 Å². The lowest BCUT2D eigenvalue weighted by Gasteiger charge is -2.23. The van der Waals surface area contributed by atoms with Gasteiger partial charge in [-0.25, -0.2) is 9.48 Å². The van der Waals surface area contributed by atoms with Crippen LogP contribution in [0, 0.1) is 0 Å². The van der Waals surface area contributed by atoms with Gasteiger partial charge in [0.2, 0.25) is 0 Å². The Labute approximate surface area is 134 Å². The van der Waals surface area contributed by atoms with Crippen LogP contribution >= 0.6 is 0 Å². The molecule has 6 heteroatoms. The average Bonchev–Trinajstić information content (AvgIpc) is 3.26. The molecule has 0 spiro atoms. The van der Waals surface area contributed by atoms with E-state index in [1.807, 2.05) is 49.4 Å². The van der Waals surface area contributed by atoms with Crippen LogP contribution < -0.4 is 5.32 Å². The molecule has 0 radical (unpaired) electrons. The molecule has 3 rings (SSSR count). The summed E-state index contributed by atoms with van der Waals surface area (Å²) in [6, 6.07) is 13.0. The predicted octanol–water partition coefficient (Wildman–Crippen LogP) is 3.69. The van der Waals surface area contributed by atoms with Crippen LogP contribution in [0.4, 0.5) is 10.5 Å². The van der Waals surface area contributed by atoms with Gasteiger partial charge in [0.15, 0.2) is 0 Å². The molecule has 0 bridgehead atoms. The third-order valence-electron chi connectivity index (χ3n) is 3.71. The van der Waals surface area contributed by atoms with Gasteiger partial charge in [-0.3, -0.25) is 0 Å². The summed E-state index contributed by atoms with van der Waals surface area (Å²) in [5.74, 6) is 0.739. The number of furan rings is 1. The van der Waals surface area contributed by atoms with Crippen molar-refractivity contribution in [1.82, 2.24) is 14.7 Å². The van der Waals surface area contributed by atoms with E-state index in [0.717, 1.165) is 11.4 Å². The van der Waals surface area contributed by atoms with E-state index in [1.165, 1.54) is 0 Å². The van der Waals surface area contributed by atoms with Crippen molar-refractivity contribution in [3.63, 3.8) is 0 Å². The van der Waals surface area contributed by atoms with E-state index >= 15 is 0 Å². The van der Waals surface area contributed by atoms with Gasteiger partial charge >= 0.3 is 6.03 Å². The number of nitrogens with zero attached hydrogens (tertiary/aromatic N) is 3. The number of benzene rings is 1. The topological polar surface area (TPSA) is 63.3 Å². The van der Waals surface area contributed by atoms with Crippen molar-refractivity contribution in [2.45, 2.75) is 13.0 Å². The molecule has 1 aromatic carbocycles. The molecule has 2 amide bonds. The van der Waals surface area contributed by atoms with Crippen LogP contribution in [0.25, 0.3) is 5.69 Å². The molecule has 2 heterocycles. The van der Waals surface area contributed by atoms with Gasteiger partial charge in [-0.05, 0) is 31.2 Å². The number of anilines is 1. The van der Waals surface area contributed by atoms with E-state index in [2.05, 4.69) is 10.4 Å². The van der Waals surface area contributed by atoms with Gasteiger partial charge in [0.05, 0.1) is 36.1 Å². The molecule has 1 atom stereocenters. The molecule has 118 valence electrons. The number of para-hydroxylation sites is 1. The Kier molecular flexibility index (Phi) is 4.14. The third kappa shape index (κ3) is 3.26. The van der Waals surface area contributed by atoms with Gasteiger partial charge in [0.25, 0.3) is 0 Å². The molecular weight excluding hydrogens is 292 g/mol. The van der Waals surface area contributed by atoms with Gasteiger partial charge in [0, 0.05) is 7.05 Å². The Balaban J connectivity index is 1.67. The van der Waals surface area contributed by atoms with Crippen molar-refractivity contribution >= 4 is 11.7 Å². The maximum absolute atomic E-state index is 12.3. The summed E-state index contributed by atoms with van der Waals surface area (Å²) in [7, 11) is 1.73. The maximum Gasteiger partial charge on any atom is 0.322 e. The Morgan fingerprint density at radius 1 is 1.26 bits per heavy atom. The van der Waals surface area contributed by atoms with Crippen molar-refractivity contribution in [2.75, 3.05) is 12.4 Å². The average molecular weight is 310 g/mol. The van der Waals surface area contributed by atoms with E-state index in [1.54, 1.807) is 35.3 Å². The van der Waals surface area contributed by atoms with Gasteiger partial charge < -0.3 is 14.6 Å². The lowest BCUT2D eigenvalue weighted by Crippen LogP contribution is -2.33. The number of rotatable bonds is 4. The summed E-state index contributed by atoms with van der Waals surface area (Å²) in [5, 5.41) is 7.10. The molecule has 6 nitrogen and oxygen atoms in total. The predicted molar refractivity (Wildman–Crippen MR) is 87.5 cm³/mol. The quantitative estimate of drug-likeness (QED) is 0.799. The van der Waals surface area contributed by atoms with Gasteiger partial charge in [-0.1, -0.05) is 18.2 Å². The fourth-order valence-corrected chi connectivity index (χ4v) is 2.22. The number of urea groups is 1. The summed E-state index contributed by atoms with van der Waals surface area (Å²) < 4.78 is 7.05. The maximum atomic E-state index is 12.3. The van der Waals surface area contributed by atoms with Crippen LogP contribution in [-0.2, 0) is 0 Å². The smallest absolute Gasteiger partial charge is 0.322 e. The molecule has 0 saturated heterocycles. The summed E-state index contributed by atoms with van der Waals surface area (Å²) in [6.07, 6.45) is 5.00. The minimum absolute atomic E-state index is 0.158. The van der Waals surface area contributed by atoms with E-state index in [4.69, 9.17) is 4.42 Å². The second-order valence-electron chi connectivity index (χ2n) is 5.24. The number of nitrogens with one attached hydrogen (secondary N) is 1. The number of hydrogen-bond acceptors (Lipinski definition) is 3. The molecule has 1 N–H and O–H groups in total. The molecule has 0 aliphatic carbocycles. The first-order valence-corrected chi connectivity index (χ1v) is 7.32. The highest BCUT2D eigenvalue weighted by atomic mass is 16.3. The van der Waals surface area contributed by atoms with Crippen molar-refractivity contribution in [3.8, 4) is 5.69 Å². The number of carbonyl (C=O) groups excluding carboxylic acids is 1.